The maximum absolute atomic E-state index is 12.7. The normalized spacial score (nSPS) is 15.2. The van der Waals surface area contributed by atoms with E-state index in [2.05, 4.69) is 4.98 Å². The lowest BCUT2D eigenvalue weighted by Gasteiger charge is -2.32. The molecule has 1 amide bonds. The summed E-state index contributed by atoms with van der Waals surface area (Å²) in [7, 11) is 1.59. The lowest BCUT2D eigenvalue weighted by atomic mass is 10.1. The van der Waals surface area contributed by atoms with E-state index < -0.39 is 0 Å². The average Bonchev–Trinajstić information content (AvgIpc) is 2.63. The molecule has 1 aromatic heterocycles. The first-order chi connectivity index (χ1) is 11.7. The summed E-state index contributed by atoms with van der Waals surface area (Å²) in [5, 5.41) is 0. The van der Waals surface area contributed by atoms with Crippen molar-refractivity contribution in [2.24, 2.45) is 0 Å². The molecule has 0 atom stereocenters. The van der Waals surface area contributed by atoms with Gasteiger partial charge in [-0.2, -0.15) is 0 Å². The third-order valence-electron chi connectivity index (χ3n) is 4.33. The number of aromatic nitrogens is 1. The second kappa shape index (κ2) is 7.34. The average molecular weight is 326 g/mol. The van der Waals surface area contributed by atoms with Crippen molar-refractivity contribution in [3.63, 3.8) is 0 Å². The Morgan fingerprint density at radius 1 is 1.17 bits per heavy atom. The summed E-state index contributed by atoms with van der Waals surface area (Å²) in [6.07, 6.45) is 5.32. The largest absolute Gasteiger partial charge is 0.496 e. The number of amides is 1. The Hall–Kier alpha value is -2.56. The zero-order chi connectivity index (χ0) is 16.9. The maximum Gasteiger partial charge on any atom is 0.257 e. The van der Waals surface area contributed by atoms with Crippen molar-refractivity contribution in [1.29, 1.82) is 0 Å². The third-order valence-corrected chi connectivity index (χ3v) is 4.33. The van der Waals surface area contributed by atoms with Crippen molar-refractivity contribution in [3.8, 4) is 11.5 Å². The summed E-state index contributed by atoms with van der Waals surface area (Å²) in [5.74, 6) is 1.51. The van der Waals surface area contributed by atoms with Crippen LogP contribution in [0.4, 0.5) is 0 Å². The van der Waals surface area contributed by atoms with Crippen LogP contribution < -0.4 is 9.47 Å². The molecular weight excluding hydrogens is 304 g/mol. The SMILES string of the molecule is COc1ccccc1C(=O)N1CCC(Oc2ccncc2C)CC1. The number of likely N-dealkylation sites (tertiary alicyclic amines) is 1. The van der Waals surface area contributed by atoms with Crippen LogP contribution in [-0.4, -0.2) is 42.1 Å². The Morgan fingerprint density at radius 3 is 2.62 bits per heavy atom. The summed E-state index contributed by atoms with van der Waals surface area (Å²) in [5.41, 5.74) is 1.65. The molecule has 1 aromatic carbocycles. The van der Waals surface area contributed by atoms with Crippen LogP contribution in [0.5, 0.6) is 11.5 Å². The van der Waals surface area contributed by atoms with Gasteiger partial charge in [-0.3, -0.25) is 9.78 Å². The fourth-order valence-corrected chi connectivity index (χ4v) is 2.94. The van der Waals surface area contributed by atoms with E-state index in [1.807, 2.05) is 42.2 Å². The Labute approximate surface area is 142 Å². The van der Waals surface area contributed by atoms with E-state index >= 15 is 0 Å². The van der Waals surface area contributed by atoms with E-state index in [-0.39, 0.29) is 12.0 Å². The van der Waals surface area contributed by atoms with Crippen LogP contribution >= 0.6 is 0 Å². The van der Waals surface area contributed by atoms with Gasteiger partial charge in [-0.15, -0.1) is 0 Å². The van der Waals surface area contributed by atoms with Gasteiger partial charge >= 0.3 is 0 Å². The van der Waals surface area contributed by atoms with Gasteiger partial charge in [-0.1, -0.05) is 12.1 Å². The molecule has 0 bridgehead atoms. The van der Waals surface area contributed by atoms with E-state index in [9.17, 15) is 4.79 Å². The number of rotatable bonds is 4. The lowest BCUT2D eigenvalue weighted by Crippen LogP contribution is -2.41. The number of ether oxygens (including phenoxy) is 2. The van der Waals surface area contributed by atoms with E-state index in [1.54, 1.807) is 19.5 Å². The summed E-state index contributed by atoms with van der Waals surface area (Å²) >= 11 is 0. The highest BCUT2D eigenvalue weighted by atomic mass is 16.5. The number of carbonyl (C=O) groups excluding carboxylic acids is 1. The molecule has 3 rings (SSSR count). The van der Waals surface area contributed by atoms with Gasteiger partial charge in [0.15, 0.2) is 0 Å². The van der Waals surface area contributed by atoms with Gasteiger partial charge in [0, 0.05) is 43.9 Å². The number of hydrogen-bond donors (Lipinski definition) is 0. The number of piperidine rings is 1. The van der Waals surface area contributed by atoms with E-state index in [4.69, 9.17) is 9.47 Å². The number of hydrogen-bond acceptors (Lipinski definition) is 4. The first-order valence-corrected chi connectivity index (χ1v) is 8.18. The smallest absolute Gasteiger partial charge is 0.257 e. The fourth-order valence-electron chi connectivity index (χ4n) is 2.94. The molecule has 2 aromatic rings. The molecule has 126 valence electrons. The number of para-hydroxylation sites is 1. The van der Waals surface area contributed by atoms with E-state index in [0.717, 1.165) is 24.2 Å². The van der Waals surface area contributed by atoms with Crippen molar-refractivity contribution < 1.29 is 14.3 Å². The van der Waals surface area contributed by atoms with Crippen LogP contribution in [0.3, 0.4) is 0 Å². The minimum atomic E-state index is 0.0194. The minimum Gasteiger partial charge on any atom is -0.496 e. The molecule has 0 spiro atoms. The van der Waals surface area contributed by atoms with Crippen LogP contribution in [0.25, 0.3) is 0 Å². The quantitative estimate of drug-likeness (QED) is 0.866. The molecule has 5 nitrogen and oxygen atoms in total. The molecule has 0 aliphatic carbocycles. The molecule has 0 radical (unpaired) electrons. The molecule has 24 heavy (non-hydrogen) atoms. The Bertz CT molecular complexity index is 709. The first-order valence-electron chi connectivity index (χ1n) is 8.18. The second-order valence-corrected chi connectivity index (χ2v) is 5.95. The summed E-state index contributed by atoms with van der Waals surface area (Å²) in [4.78, 5) is 18.6. The van der Waals surface area contributed by atoms with E-state index in [0.29, 0.717) is 24.4 Å². The van der Waals surface area contributed by atoms with Gasteiger partial charge in [-0.05, 0) is 25.1 Å². The highest BCUT2D eigenvalue weighted by Crippen LogP contribution is 2.24. The molecule has 0 unspecified atom stereocenters. The fraction of sp³-hybridized carbons (Fsp3) is 0.368. The molecule has 2 heterocycles. The van der Waals surface area contributed by atoms with Gasteiger partial charge in [0.1, 0.15) is 17.6 Å². The van der Waals surface area contributed by atoms with Crippen molar-refractivity contribution in [2.75, 3.05) is 20.2 Å². The van der Waals surface area contributed by atoms with Crippen LogP contribution in [0.15, 0.2) is 42.7 Å². The molecule has 5 heteroatoms. The minimum absolute atomic E-state index is 0.0194. The Morgan fingerprint density at radius 2 is 1.92 bits per heavy atom. The zero-order valence-corrected chi connectivity index (χ0v) is 14.1. The number of aryl methyl sites for hydroxylation is 1. The van der Waals surface area contributed by atoms with E-state index in [1.165, 1.54) is 0 Å². The summed E-state index contributed by atoms with van der Waals surface area (Å²) < 4.78 is 11.4. The molecular formula is C19H22N2O3. The highest BCUT2D eigenvalue weighted by Gasteiger charge is 2.26. The second-order valence-electron chi connectivity index (χ2n) is 5.95. The lowest BCUT2D eigenvalue weighted by molar-refractivity contribution is 0.0591. The molecule has 1 aliphatic rings. The van der Waals surface area contributed by atoms with Crippen molar-refractivity contribution in [2.45, 2.75) is 25.9 Å². The topological polar surface area (TPSA) is 51.7 Å². The third kappa shape index (κ3) is 3.50. The molecule has 1 fully saturated rings. The summed E-state index contributed by atoms with van der Waals surface area (Å²) in [6, 6.07) is 9.24. The number of methoxy groups -OCH3 is 1. The van der Waals surface area contributed by atoms with Gasteiger partial charge in [-0.25, -0.2) is 0 Å². The first kappa shape index (κ1) is 16.3. The van der Waals surface area contributed by atoms with Crippen LogP contribution in [0.2, 0.25) is 0 Å². The van der Waals surface area contributed by atoms with Crippen LogP contribution in [0, 0.1) is 6.92 Å². The van der Waals surface area contributed by atoms with Gasteiger partial charge in [0.05, 0.1) is 12.7 Å². The summed E-state index contributed by atoms with van der Waals surface area (Å²) in [6.45, 7) is 3.36. The number of pyridine rings is 1. The van der Waals surface area contributed by atoms with Crippen LogP contribution in [0.1, 0.15) is 28.8 Å². The van der Waals surface area contributed by atoms with Gasteiger partial charge in [0.25, 0.3) is 5.91 Å². The Kier molecular flexibility index (Phi) is 4.99. The standard InChI is InChI=1S/C19H22N2O3/c1-14-13-20-10-7-17(14)24-15-8-11-21(12-9-15)19(22)16-5-3-4-6-18(16)23-2/h3-7,10,13,15H,8-9,11-12H2,1-2H3. The number of nitrogens with zero attached hydrogens (tertiary/aromatic N) is 2. The van der Waals surface area contributed by atoms with Crippen LogP contribution in [-0.2, 0) is 0 Å². The van der Waals surface area contributed by atoms with Gasteiger partial charge < -0.3 is 14.4 Å². The highest BCUT2D eigenvalue weighted by molar-refractivity contribution is 5.97. The molecule has 1 aliphatic heterocycles. The van der Waals surface area contributed by atoms with Crippen molar-refractivity contribution >= 4 is 5.91 Å². The van der Waals surface area contributed by atoms with Crippen molar-refractivity contribution in [1.82, 2.24) is 9.88 Å². The van der Waals surface area contributed by atoms with Gasteiger partial charge in [0.2, 0.25) is 0 Å². The zero-order valence-electron chi connectivity index (χ0n) is 14.1. The monoisotopic (exact) mass is 326 g/mol. The predicted octanol–water partition coefficient (Wildman–Crippen LogP) is 3.08. The Balaban J connectivity index is 1.61. The molecule has 0 saturated carbocycles. The predicted molar refractivity (Wildman–Crippen MR) is 91.5 cm³/mol. The van der Waals surface area contributed by atoms with Crippen molar-refractivity contribution in [3.05, 3.63) is 53.9 Å². The number of carbonyl (C=O) groups is 1. The molecule has 0 N–H and O–H groups in total. The number of benzene rings is 1. The maximum atomic E-state index is 12.7. The molecule has 1 saturated heterocycles.